The van der Waals surface area contributed by atoms with Crippen molar-refractivity contribution in [2.75, 3.05) is 45.6 Å². The van der Waals surface area contributed by atoms with Crippen LogP contribution in [0.25, 0.3) is 0 Å². The number of anilines is 1. The molecule has 1 aliphatic rings. The first-order valence-electron chi connectivity index (χ1n) is 13.2. The average Bonchev–Trinajstić information content (AvgIpc) is 3.20. The zero-order valence-electron chi connectivity index (χ0n) is 23.2. The third kappa shape index (κ3) is 7.71. The van der Waals surface area contributed by atoms with Gasteiger partial charge in [-0.25, -0.2) is 4.98 Å². The van der Waals surface area contributed by atoms with Gasteiger partial charge in [0, 0.05) is 49.7 Å². The van der Waals surface area contributed by atoms with E-state index in [0.717, 1.165) is 38.3 Å². The standard InChI is InChI=1S/C30H37N5O2S2/c1-6-27(36)34-11-8-12-35(14-13-34)29(37)25-17-26(22(3)15-21(25)2)38-28-19-32-30(39-28)31-18-23-9-7-10-24(16-23)20-33(4)5/h6-7,9-10,15-17,19H,1,8,11-14,18,20H2,2-5H3,(H,31,32). The molecule has 1 aromatic heterocycles. The number of thiazole rings is 1. The smallest absolute Gasteiger partial charge is 0.254 e. The molecule has 1 saturated heterocycles. The second-order valence-electron chi connectivity index (χ2n) is 10.1. The zero-order valence-corrected chi connectivity index (χ0v) is 24.8. The first-order valence-corrected chi connectivity index (χ1v) is 14.8. The van der Waals surface area contributed by atoms with Crippen molar-refractivity contribution in [1.82, 2.24) is 19.7 Å². The van der Waals surface area contributed by atoms with Gasteiger partial charge in [0.2, 0.25) is 5.91 Å². The van der Waals surface area contributed by atoms with Crippen molar-refractivity contribution < 1.29 is 9.59 Å². The van der Waals surface area contributed by atoms with E-state index in [4.69, 9.17) is 0 Å². The molecular weight excluding hydrogens is 526 g/mol. The van der Waals surface area contributed by atoms with Crippen molar-refractivity contribution in [2.45, 2.75) is 42.5 Å². The second-order valence-corrected chi connectivity index (χ2v) is 12.5. The summed E-state index contributed by atoms with van der Waals surface area (Å²) in [6, 6.07) is 12.7. The average molecular weight is 564 g/mol. The van der Waals surface area contributed by atoms with Gasteiger partial charge in [0.1, 0.15) is 0 Å². The molecule has 206 valence electrons. The molecule has 1 fully saturated rings. The number of nitrogens with zero attached hydrogens (tertiary/aromatic N) is 4. The molecule has 9 heteroatoms. The summed E-state index contributed by atoms with van der Waals surface area (Å²) in [4.78, 5) is 37.0. The minimum Gasteiger partial charge on any atom is -0.357 e. The number of hydrogen-bond acceptors (Lipinski definition) is 7. The van der Waals surface area contributed by atoms with E-state index in [1.54, 1.807) is 28.0 Å². The molecule has 0 unspecified atom stereocenters. The topological polar surface area (TPSA) is 68.8 Å². The molecule has 0 atom stereocenters. The molecule has 39 heavy (non-hydrogen) atoms. The highest BCUT2D eigenvalue weighted by atomic mass is 32.2. The van der Waals surface area contributed by atoms with E-state index in [1.165, 1.54) is 17.2 Å². The number of carbonyl (C=O) groups excluding carboxylic acids is 2. The Balaban J connectivity index is 1.41. The molecule has 1 aliphatic heterocycles. The van der Waals surface area contributed by atoms with Crippen LogP contribution in [0.2, 0.25) is 0 Å². The fourth-order valence-corrected chi connectivity index (χ4v) is 6.63. The molecule has 2 heterocycles. The lowest BCUT2D eigenvalue weighted by atomic mass is 10.0. The second kappa shape index (κ2) is 13.3. The summed E-state index contributed by atoms with van der Waals surface area (Å²) in [6.45, 7) is 11.6. The number of carbonyl (C=O) groups is 2. The minimum absolute atomic E-state index is 0.0189. The molecule has 1 N–H and O–H groups in total. The van der Waals surface area contributed by atoms with Gasteiger partial charge in [-0.3, -0.25) is 9.59 Å². The van der Waals surface area contributed by atoms with Gasteiger partial charge in [0.25, 0.3) is 5.91 Å². The van der Waals surface area contributed by atoms with Crippen LogP contribution in [0.15, 0.2) is 64.4 Å². The van der Waals surface area contributed by atoms with Gasteiger partial charge in [-0.15, -0.1) is 0 Å². The summed E-state index contributed by atoms with van der Waals surface area (Å²) in [5.41, 5.74) is 5.33. The first kappa shape index (κ1) is 28.9. The van der Waals surface area contributed by atoms with E-state index in [1.807, 2.05) is 24.1 Å². The van der Waals surface area contributed by atoms with E-state index < -0.39 is 0 Å². The highest BCUT2D eigenvalue weighted by Crippen LogP contribution is 2.37. The van der Waals surface area contributed by atoms with Gasteiger partial charge < -0.3 is 20.0 Å². The number of aryl methyl sites for hydroxylation is 2. The molecule has 7 nitrogen and oxygen atoms in total. The van der Waals surface area contributed by atoms with Gasteiger partial charge >= 0.3 is 0 Å². The van der Waals surface area contributed by atoms with Gasteiger partial charge in [-0.05, 0) is 68.8 Å². The Bertz CT molecular complexity index is 1340. The van der Waals surface area contributed by atoms with Crippen LogP contribution in [0.3, 0.4) is 0 Å². The highest BCUT2D eigenvalue weighted by Gasteiger charge is 2.23. The summed E-state index contributed by atoms with van der Waals surface area (Å²) in [7, 11) is 4.15. The van der Waals surface area contributed by atoms with Crippen LogP contribution >= 0.6 is 23.1 Å². The lowest BCUT2D eigenvalue weighted by Gasteiger charge is -2.23. The Morgan fingerprint density at radius 1 is 1.08 bits per heavy atom. The molecule has 2 aromatic carbocycles. The van der Waals surface area contributed by atoms with Crippen LogP contribution in [0, 0.1) is 13.8 Å². The van der Waals surface area contributed by atoms with Crippen LogP contribution in [0.4, 0.5) is 5.13 Å². The van der Waals surface area contributed by atoms with E-state index in [-0.39, 0.29) is 11.8 Å². The van der Waals surface area contributed by atoms with Crippen LogP contribution in [-0.2, 0) is 17.9 Å². The summed E-state index contributed by atoms with van der Waals surface area (Å²) >= 11 is 3.26. The number of aromatic nitrogens is 1. The zero-order chi connectivity index (χ0) is 27.9. The van der Waals surface area contributed by atoms with Crippen LogP contribution < -0.4 is 5.32 Å². The van der Waals surface area contributed by atoms with E-state index in [0.29, 0.717) is 38.3 Å². The molecule has 0 saturated carbocycles. The first-order chi connectivity index (χ1) is 18.7. The Morgan fingerprint density at radius 2 is 1.82 bits per heavy atom. The monoisotopic (exact) mass is 563 g/mol. The third-order valence-electron chi connectivity index (χ3n) is 6.65. The van der Waals surface area contributed by atoms with Crippen molar-refractivity contribution >= 4 is 40.0 Å². The molecule has 4 rings (SSSR count). The van der Waals surface area contributed by atoms with Gasteiger partial charge in [-0.1, -0.05) is 60.0 Å². The van der Waals surface area contributed by atoms with Crippen molar-refractivity contribution in [1.29, 1.82) is 0 Å². The summed E-state index contributed by atoms with van der Waals surface area (Å²) in [5.74, 6) is -0.0591. The maximum absolute atomic E-state index is 13.5. The van der Waals surface area contributed by atoms with E-state index in [9.17, 15) is 9.59 Å². The molecule has 0 aliphatic carbocycles. The Kier molecular flexibility index (Phi) is 9.83. The maximum atomic E-state index is 13.5. The highest BCUT2D eigenvalue weighted by molar-refractivity contribution is 8.01. The number of benzene rings is 2. The Hall–Kier alpha value is -3.14. The number of rotatable bonds is 9. The maximum Gasteiger partial charge on any atom is 0.254 e. The van der Waals surface area contributed by atoms with Crippen molar-refractivity contribution in [3.8, 4) is 0 Å². The minimum atomic E-state index is -0.0780. The molecule has 0 radical (unpaired) electrons. The van der Waals surface area contributed by atoms with Gasteiger partial charge in [0.05, 0.1) is 10.4 Å². The molecule has 0 spiro atoms. The van der Waals surface area contributed by atoms with Crippen molar-refractivity contribution in [3.63, 3.8) is 0 Å². The number of nitrogens with one attached hydrogen (secondary N) is 1. The summed E-state index contributed by atoms with van der Waals surface area (Å²) in [6.07, 6.45) is 3.99. The predicted molar refractivity (Wildman–Crippen MR) is 161 cm³/mol. The number of amides is 2. The van der Waals surface area contributed by atoms with Crippen molar-refractivity contribution in [2.24, 2.45) is 0 Å². The van der Waals surface area contributed by atoms with Gasteiger partial charge in [-0.2, -0.15) is 0 Å². The Labute approximate surface area is 239 Å². The normalized spacial score (nSPS) is 13.9. The van der Waals surface area contributed by atoms with Crippen LogP contribution in [0.1, 0.15) is 39.0 Å². The van der Waals surface area contributed by atoms with Crippen LogP contribution in [-0.4, -0.2) is 71.8 Å². The molecule has 3 aromatic rings. The fraction of sp³-hybridized carbons (Fsp3) is 0.367. The molecular formula is C30H37N5O2S2. The quantitative estimate of drug-likeness (QED) is 0.350. The number of hydrogen-bond donors (Lipinski definition) is 1. The van der Waals surface area contributed by atoms with Gasteiger partial charge in [0.15, 0.2) is 5.13 Å². The molecule has 0 bridgehead atoms. The summed E-state index contributed by atoms with van der Waals surface area (Å²) in [5, 5.41) is 4.33. The van der Waals surface area contributed by atoms with E-state index >= 15 is 0 Å². The lowest BCUT2D eigenvalue weighted by molar-refractivity contribution is -0.125. The largest absolute Gasteiger partial charge is 0.357 e. The SMILES string of the molecule is C=CC(=O)N1CCCN(C(=O)c2cc(Sc3cnc(NCc4cccc(CN(C)C)c4)s3)c(C)cc2C)CC1. The molecule has 2 amide bonds. The predicted octanol–water partition coefficient (Wildman–Crippen LogP) is 5.45. The summed E-state index contributed by atoms with van der Waals surface area (Å²) < 4.78 is 1.07. The lowest BCUT2D eigenvalue weighted by Crippen LogP contribution is -2.37. The van der Waals surface area contributed by atoms with Crippen LogP contribution in [0.5, 0.6) is 0 Å². The van der Waals surface area contributed by atoms with E-state index in [2.05, 4.69) is 73.1 Å². The third-order valence-corrected chi connectivity index (χ3v) is 8.87. The van der Waals surface area contributed by atoms with Crippen molar-refractivity contribution in [3.05, 3.63) is 83.1 Å². The Morgan fingerprint density at radius 3 is 2.59 bits per heavy atom. The fourth-order valence-electron chi connectivity index (χ4n) is 4.69.